The Hall–Kier alpha value is -0.540. The van der Waals surface area contributed by atoms with Crippen LogP contribution < -0.4 is 10.1 Å². The zero-order valence-corrected chi connectivity index (χ0v) is 13.1. The summed E-state index contributed by atoms with van der Waals surface area (Å²) in [5.74, 6) is 1.86. The molecule has 0 bridgehead atoms. The monoisotopic (exact) mass is 311 g/mol. The van der Waals surface area contributed by atoms with E-state index in [1.165, 1.54) is 29.5 Å². The van der Waals surface area contributed by atoms with Crippen molar-refractivity contribution in [2.24, 2.45) is 5.92 Å². The van der Waals surface area contributed by atoms with E-state index in [1.54, 1.807) is 7.11 Å². The van der Waals surface area contributed by atoms with E-state index in [9.17, 15) is 0 Å². The van der Waals surface area contributed by atoms with Crippen LogP contribution in [0.4, 0.5) is 0 Å². The first-order valence-corrected chi connectivity index (χ1v) is 7.46. The number of piperidine rings is 1. The maximum absolute atomic E-state index is 5.63. The number of ether oxygens (including phenoxy) is 1. The standard InChI is InChI=1S/C15H22BrNO/c1-10-8-14(16)11(2)15(18-3)13(10)9-12-4-6-17-7-5-12/h8,12,17H,4-7,9H2,1-3H3. The van der Waals surface area contributed by atoms with Crippen molar-refractivity contribution in [3.05, 3.63) is 27.2 Å². The summed E-state index contributed by atoms with van der Waals surface area (Å²) in [7, 11) is 1.78. The third-order valence-electron chi connectivity index (χ3n) is 3.95. The van der Waals surface area contributed by atoms with Gasteiger partial charge in [0.25, 0.3) is 0 Å². The van der Waals surface area contributed by atoms with E-state index in [-0.39, 0.29) is 0 Å². The van der Waals surface area contributed by atoms with Crippen molar-refractivity contribution in [3.8, 4) is 5.75 Å². The van der Waals surface area contributed by atoms with Crippen LogP contribution in [0.1, 0.15) is 29.5 Å². The first kappa shape index (κ1) is 13.9. The minimum absolute atomic E-state index is 0.791. The summed E-state index contributed by atoms with van der Waals surface area (Å²) in [6.45, 7) is 6.61. The maximum Gasteiger partial charge on any atom is 0.126 e. The highest BCUT2D eigenvalue weighted by Crippen LogP contribution is 2.35. The summed E-state index contributed by atoms with van der Waals surface area (Å²) < 4.78 is 6.78. The second-order valence-electron chi connectivity index (χ2n) is 5.21. The number of aryl methyl sites for hydroxylation is 1. The van der Waals surface area contributed by atoms with Crippen LogP contribution in [0.15, 0.2) is 10.5 Å². The SMILES string of the molecule is COc1c(C)c(Br)cc(C)c1CC1CCNCC1. The summed E-state index contributed by atoms with van der Waals surface area (Å²) >= 11 is 3.61. The zero-order valence-electron chi connectivity index (χ0n) is 11.5. The molecule has 0 amide bonds. The number of hydrogen-bond acceptors (Lipinski definition) is 2. The fraction of sp³-hybridized carbons (Fsp3) is 0.600. The second-order valence-corrected chi connectivity index (χ2v) is 6.06. The summed E-state index contributed by atoms with van der Waals surface area (Å²) in [6, 6.07) is 2.22. The molecule has 0 aromatic heterocycles. The zero-order chi connectivity index (χ0) is 13.1. The highest BCUT2D eigenvalue weighted by atomic mass is 79.9. The van der Waals surface area contributed by atoms with E-state index < -0.39 is 0 Å². The first-order chi connectivity index (χ1) is 8.63. The molecule has 1 aromatic carbocycles. The van der Waals surface area contributed by atoms with Gasteiger partial charge < -0.3 is 10.1 Å². The van der Waals surface area contributed by atoms with Crippen molar-refractivity contribution < 1.29 is 4.74 Å². The minimum atomic E-state index is 0.791. The van der Waals surface area contributed by atoms with E-state index in [2.05, 4.69) is 41.2 Å². The Kier molecular flexibility index (Phi) is 4.68. The van der Waals surface area contributed by atoms with Gasteiger partial charge in [0.15, 0.2) is 0 Å². The predicted octanol–water partition coefficient (Wildman–Crippen LogP) is 3.62. The Morgan fingerprint density at radius 1 is 1.33 bits per heavy atom. The number of hydrogen-bond donors (Lipinski definition) is 1. The van der Waals surface area contributed by atoms with Gasteiger partial charge in [-0.15, -0.1) is 0 Å². The van der Waals surface area contributed by atoms with E-state index in [1.807, 2.05) is 0 Å². The van der Waals surface area contributed by atoms with Crippen molar-refractivity contribution >= 4 is 15.9 Å². The normalized spacial score (nSPS) is 16.9. The van der Waals surface area contributed by atoms with Gasteiger partial charge in [-0.1, -0.05) is 15.9 Å². The second kappa shape index (κ2) is 6.07. The summed E-state index contributed by atoms with van der Waals surface area (Å²) in [5.41, 5.74) is 3.94. The molecule has 18 heavy (non-hydrogen) atoms. The molecule has 2 nitrogen and oxygen atoms in total. The molecule has 1 aliphatic heterocycles. The van der Waals surface area contributed by atoms with Gasteiger partial charge in [0, 0.05) is 10.0 Å². The molecule has 1 saturated heterocycles. The van der Waals surface area contributed by atoms with Crippen LogP contribution in [0.5, 0.6) is 5.75 Å². The number of halogens is 1. The quantitative estimate of drug-likeness (QED) is 0.920. The highest BCUT2D eigenvalue weighted by molar-refractivity contribution is 9.10. The van der Waals surface area contributed by atoms with Gasteiger partial charge in [0.05, 0.1) is 7.11 Å². The largest absolute Gasteiger partial charge is 0.496 e. The van der Waals surface area contributed by atoms with Crippen LogP contribution in [0, 0.1) is 19.8 Å². The molecule has 3 heteroatoms. The van der Waals surface area contributed by atoms with Crippen molar-refractivity contribution in [2.75, 3.05) is 20.2 Å². The van der Waals surface area contributed by atoms with Crippen molar-refractivity contribution in [1.82, 2.24) is 5.32 Å². The molecule has 0 unspecified atom stereocenters. The molecule has 1 N–H and O–H groups in total. The lowest BCUT2D eigenvalue weighted by Gasteiger charge is -2.25. The highest BCUT2D eigenvalue weighted by Gasteiger charge is 2.19. The summed E-state index contributed by atoms with van der Waals surface area (Å²) in [5, 5.41) is 3.43. The molecule has 100 valence electrons. The molecule has 0 spiro atoms. The average molecular weight is 312 g/mol. The molecule has 0 saturated carbocycles. The lowest BCUT2D eigenvalue weighted by Crippen LogP contribution is -2.28. The minimum Gasteiger partial charge on any atom is -0.496 e. The molecule has 2 rings (SSSR count). The molecule has 1 aliphatic rings. The van der Waals surface area contributed by atoms with Crippen molar-refractivity contribution in [1.29, 1.82) is 0 Å². The van der Waals surface area contributed by atoms with E-state index in [0.717, 1.165) is 35.7 Å². The summed E-state index contributed by atoms with van der Waals surface area (Å²) in [6.07, 6.45) is 3.69. The predicted molar refractivity (Wildman–Crippen MR) is 79.5 cm³/mol. The third-order valence-corrected chi connectivity index (χ3v) is 4.77. The molecule has 1 fully saturated rings. The van der Waals surface area contributed by atoms with Gasteiger partial charge in [0.2, 0.25) is 0 Å². The fourth-order valence-electron chi connectivity index (χ4n) is 2.80. The molecule has 0 radical (unpaired) electrons. The number of methoxy groups -OCH3 is 1. The molecular weight excluding hydrogens is 290 g/mol. The lowest BCUT2D eigenvalue weighted by atomic mass is 9.88. The molecule has 1 aromatic rings. The van der Waals surface area contributed by atoms with Crippen LogP contribution in [-0.2, 0) is 6.42 Å². The van der Waals surface area contributed by atoms with E-state index in [0.29, 0.717) is 0 Å². The Morgan fingerprint density at radius 3 is 2.61 bits per heavy atom. The van der Waals surface area contributed by atoms with Crippen LogP contribution in [0.2, 0.25) is 0 Å². The Labute approximate surface area is 118 Å². The lowest BCUT2D eigenvalue weighted by molar-refractivity contribution is 0.359. The third kappa shape index (κ3) is 2.89. The van der Waals surface area contributed by atoms with Crippen molar-refractivity contribution in [3.63, 3.8) is 0 Å². The van der Waals surface area contributed by atoms with Gasteiger partial charge in [-0.3, -0.25) is 0 Å². The average Bonchev–Trinajstić information content (AvgIpc) is 2.37. The molecule has 1 heterocycles. The number of benzene rings is 1. The first-order valence-electron chi connectivity index (χ1n) is 6.66. The van der Waals surface area contributed by atoms with E-state index in [4.69, 9.17) is 4.74 Å². The van der Waals surface area contributed by atoms with Crippen LogP contribution >= 0.6 is 15.9 Å². The van der Waals surface area contributed by atoms with Gasteiger partial charge >= 0.3 is 0 Å². The maximum atomic E-state index is 5.63. The molecule has 0 aliphatic carbocycles. The van der Waals surface area contributed by atoms with Gasteiger partial charge in [-0.25, -0.2) is 0 Å². The summed E-state index contributed by atoms with van der Waals surface area (Å²) in [4.78, 5) is 0. The van der Waals surface area contributed by atoms with Gasteiger partial charge in [0.1, 0.15) is 5.75 Å². The van der Waals surface area contributed by atoms with E-state index >= 15 is 0 Å². The fourth-order valence-corrected chi connectivity index (χ4v) is 3.33. The van der Waals surface area contributed by atoms with Crippen molar-refractivity contribution in [2.45, 2.75) is 33.1 Å². The number of nitrogens with one attached hydrogen (secondary N) is 1. The van der Waals surface area contributed by atoms with Gasteiger partial charge in [-0.2, -0.15) is 0 Å². The molecule has 0 atom stereocenters. The Morgan fingerprint density at radius 2 is 2.00 bits per heavy atom. The van der Waals surface area contributed by atoms with Crippen LogP contribution in [-0.4, -0.2) is 20.2 Å². The smallest absolute Gasteiger partial charge is 0.126 e. The topological polar surface area (TPSA) is 21.3 Å². The Balaban J connectivity index is 2.28. The number of rotatable bonds is 3. The van der Waals surface area contributed by atoms with Crippen LogP contribution in [0.25, 0.3) is 0 Å². The Bertz CT molecular complexity index is 425. The van der Waals surface area contributed by atoms with Crippen LogP contribution in [0.3, 0.4) is 0 Å². The molecular formula is C15H22BrNO. The van der Waals surface area contributed by atoms with Gasteiger partial charge in [-0.05, 0) is 69.3 Å².